The molecule has 0 bridgehead atoms. The zero-order valence-electron chi connectivity index (χ0n) is 14.4. The van der Waals surface area contributed by atoms with Crippen molar-refractivity contribution >= 4 is 5.91 Å². The topological polar surface area (TPSA) is 41.6 Å². The van der Waals surface area contributed by atoms with E-state index in [2.05, 4.69) is 37.9 Å². The van der Waals surface area contributed by atoms with Gasteiger partial charge in [-0.05, 0) is 18.8 Å². The largest absolute Gasteiger partial charge is 0.374 e. The summed E-state index contributed by atoms with van der Waals surface area (Å²) >= 11 is 0. The minimum atomic E-state index is 0.144. The number of unbranched alkanes of at least 4 members (excludes halogenated alkanes) is 1. The smallest absolute Gasteiger partial charge is 0.223 e. The van der Waals surface area contributed by atoms with Crippen LogP contribution in [0.5, 0.6) is 0 Å². The van der Waals surface area contributed by atoms with E-state index in [1.54, 1.807) is 0 Å². The Morgan fingerprint density at radius 3 is 2.76 bits per heavy atom. The monoisotopic (exact) mass is 298 g/mol. The van der Waals surface area contributed by atoms with E-state index in [4.69, 9.17) is 4.74 Å². The summed E-state index contributed by atoms with van der Waals surface area (Å²) in [6, 6.07) is 0. The lowest BCUT2D eigenvalue weighted by Gasteiger charge is -2.34. The highest BCUT2D eigenvalue weighted by atomic mass is 16.5. The molecule has 124 valence electrons. The van der Waals surface area contributed by atoms with Gasteiger partial charge in [-0.1, -0.05) is 40.5 Å². The molecule has 0 aromatic carbocycles. The fourth-order valence-corrected chi connectivity index (χ4v) is 2.92. The Morgan fingerprint density at radius 1 is 1.38 bits per heavy atom. The van der Waals surface area contributed by atoms with E-state index in [9.17, 15) is 4.79 Å². The summed E-state index contributed by atoms with van der Waals surface area (Å²) in [7, 11) is 0. The summed E-state index contributed by atoms with van der Waals surface area (Å²) in [4.78, 5) is 14.6. The highest BCUT2D eigenvalue weighted by Crippen LogP contribution is 2.13. The molecule has 1 N–H and O–H groups in total. The first-order valence-corrected chi connectivity index (χ1v) is 8.68. The Kier molecular flexibility index (Phi) is 8.93. The predicted octanol–water partition coefficient (Wildman–Crippen LogP) is 2.68. The molecule has 0 saturated carbocycles. The van der Waals surface area contributed by atoms with Crippen LogP contribution < -0.4 is 5.32 Å². The third-order valence-corrected chi connectivity index (χ3v) is 4.12. The third kappa shape index (κ3) is 7.28. The molecule has 1 aliphatic rings. The molecule has 21 heavy (non-hydrogen) atoms. The molecule has 1 fully saturated rings. The maximum atomic E-state index is 12.2. The summed E-state index contributed by atoms with van der Waals surface area (Å²) in [6.45, 7) is 13.2. The first-order valence-electron chi connectivity index (χ1n) is 8.68. The van der Waals surface area contributed by atoms with E-state index >= 15 is 0 Å². The van der Waals surface area contributed by atoms with Gasteiger partial charge in [-0.15, -0.1) is 0 Å². The van der Waals surface area contributed by atoms with Gasteiger partial charge in [0.2, 0.25) is 5.91 Å². The van der Waals surface area contributed by atoms with Crippen molar-refractivity contribution in [1.29, 1.82) is 0 Å². The second kappa shape index (κ2) is 10.2. The maximum Gasteiger partial charge on any atom is 0.223 e. The van der Waals surface area contributed by atoms with Crippen LogP contribution in [-0.4, -0.2) is 49.7 Å². The van der Waals surface area contributed by atoms with Crippen molar-refractivity contribution in [1.82, 2.24) is 10.2 Å². The first-order chi connectivity index (χ1) is 10.1. The fourth-order valence-electron chi connectivity index (χ4n) is 2.92. The van der Waals surface area contributed by atoms with Crippen LogP contribution in [0.4, 0.5) is 0 Å². The van der Waals surface area contributed by atoms with Gasteiger partial charge in [-0.25, -0.2) is 0 Å². The molecular formula is C17H34N2O2. The Morgan fingerprint density at radius 2 is 2.14 bits per heavy atom. The van der Waals surface area contributed by atoms with Crippen LogP contribution in [0.25, 0.3) is 0 Å². The number of hydrogen-bond acceptors (Lipinski definition) is 3. The molecular weight excluding hydrogens is 264 g/mol. The molecule has 0 spiro atoms. The van der Waals surface area contributed by atoms with Gasteiger partial charge in [0.05, 0.1) is 12.7 Å². The molecule has 0 aromatic rings. The minimum absolute atomic E-state index is 0.144. The number of carbonyl (C=O) groups excluding carboxylic acids is 1. The van der Waals surface area contributed by atoms with E-state index in [0.29, 0.717) is 12.5 Å². The normalized spacial score (nSPS) is 21.5. The Hall–Kier alpha value is -0.610. The predicted molar refractivity (Wildman–Crippen MR) is 87.3 cm³/mol. The molecule has 1 rings (SSSR count). The van der Waals surface area contributed by atoms with E-state index in [1.807, 2.05) is 0 Å². The van der Waals surface area contributed by atoms with Gasteiger partial charge in [-0.3, -0.25) is 9.69 Å². The van der Waals surface area contributed by atoms with E-state index < -0.39 is 0 Å². The molecule has 1 heterocycles. The van der Waals surface area contributed by atoms with Crippen molar-refractivity contribution < 1.29 is 9.53 Å². The molecule has 0 radical (unpaired) electrons. The molecule has 4 heteroatoms. The Labute approximate surface area is 130 Å². The lowest BCUT2D eigenvalue weighted by atomic mass is 9.98. The number of rotatable bonds is 9. The molecule has 1 aliphatic heterocycles. The van der Waals surface area contributed by atoms with Crippen molar-refractivity contribution in [2.24, 2.45) is 11.8 Å². The summed E-state index contributed by atoms with van der Waals surface area (Å²) in [5.74, 6) is 1.05. The highest BCUT2D eigenvalue weighted by molar-refractivity contribution is 5.78. The zero-order valence-corrected chi connectivity index (χ0v) is 14.4. The molecule has 4 nitrogen and oxygen atoms in total. The second-order valence-corrected chi connectivity index (χ2v) is 6.64. The number of nitrogens with one attached hydrogen (secondary N) is 1. The van der Waals surface area contributed by atoms with Crippen LogP contribution in [0.15, 0.2) is 0 Å². The average Bonchev–Trinajstić information content (AvgIpc) is 2.45. The quantitative estimate of drug-likeness (QED) is 0.711. The van der Waals surface area contributed by atoms with Crippen molar-refractivity contribution in [2.45, 2.75) is 59.5 Å². The molecule has 1 amide bonds. The number of carbonyl (C=O) groups is 1. The van der Waals surface area contributed by atoms with Crippen molar-refractivity contribution in [2.75, 3.05) is 32.8 Å². The molecule has 2 unspecified atom stereocenters. The maximum absolute atomic E-state index is 12.2. The Bertz CT molecular complexity index is 295. The summed E-state index contributed by atoms with van der Waals surface area (Å²) in [5.41, 5.74) is 0. The lowest BCUT2D eigenvalue weighted by molar-refractivity contribution is -0.126. The lowest BCUT2D eigenvalue weighted by Crippen LogP contribution is -2.49. The van der Waals surface area contributed by atoms with Crippen molar-refractivity contribution in [3.8, 4) is 0 Å². The summed E-state index contributed by atoms with van der Waals surface area (Å²) in [6.07, 6.45) is 4.36. The number of ether oxygens (including phenoxy) is 1. The van der Waals surface area contributed by atoms with Gasteiger partial charge in [0.25, 0.3) is 0 Å². The van der Waals surface area contributed by atoms with Crippen LogP contribution in [0.3, 0.4) is 0 Å². The third-order valence-electron chi connectivity index (χ3n) is 4.12. The summed E-state index contributed by atoms with van der Waals surface area (Å²) < 4.78 is 5.78. The van der Waals surface area contributed by atoms with Gasteiger partial charge in [-0.2, -0.15) is 0 Å². The van der Waals surface area contributed by atoms with Gasteiger partial charge in [0.1, 0.15) is 0 Å². The van der Waals surface area contributed by atoms with Gasteiger partial charge < -0.3 is 10.1 Å². The van der Waals surface area contributed by atoms with Crippen molar-refractivity contribution in [3.63, 3.8) is 0 Å². The standard InChI is InChI=1S/C17H34N2O2/c1-5-7-8-15(6-2)17(20)18-11-16-13-19(9-10-21-16)12-14(3)4/h14-16H,5-13H2,1-4H3,(H,18,20). The molecule has 0 aliphatic carbocycles. The number of hydrogen-bond donors (Lipinski definition) is 1. The number of nitrogens with zero attached hydrogens (tertiary/aromatic N) is 1. The highest BCUT2D eigenvalue weighted by Gasteiger charge is 2.22. The van der Waals surface area contributed by atoms with Crippen LogP contribution in [-0.2, 0) is 9.53 Å². The van der Waals surface area contributed by atoms with E-state index in [-0.39, 0.29) is 17.9 Å². The van der Waals surface area contributed by atoms with Crippen LogP contribution >= 0.6 is 0 Å². The number of morpholine rings is 1. The van der Waals surface area contributed by atoms with E-state index in [0.717, 1.165) is 51.9 Å². The molecule has 1 saturated heterocycles. The SMILES string of the molecule is CCCCC(CC)C(=O)NCC1CN(CC(C)C)CCO1. The van der Waals surface area contributed by atoms with E-state index in [1.165, 1.54) is 0 Å². The van der Waals surface area contributed by atoms with Gasteiger partial charge >= 0.3 is 0 Å². The second-order valence-electron chi connectivity index (χ2n) is 6.64. The zero-order chi connectivity index (χ0) is 15.7. The van der Waals surface area contributed by atoms with Crippen LogP contribution in [0.1, 0.15) is 53.4 Å². The Balaban J connectivity index is 2.30. The van der Waals surface area contributed by atoms with Crippen molar-refractivity contribution in [3.05, 3.63) is 0 Å². The fraction of sp³-hybridized carbons (Fsp3) is 0.941. The van der Waals surface area contributed by atoms with Crippen LogP contribution in [0, 0.1) is 11.8 Å². The minimum Gasteiger partial charge on any atom is -0.374 e. The average molecular weight is 298 g/mol. The van der Waals surface area contributed by atoms with Gasteiger partial charge in [0.15, 0.2) is 0 Å². The van der Waals surface area contributed by atoms with Gasteiger partial charge in [0, 0.05) is 32.1 Å². The van der Waals surface area contributed by atoms with Crippen LogP contribution in [0.2, 0.25) is 0 Å². The molecule has 2 atom stereocenters. The summed E-state index contributed by atoms with van der Waals surface area (Å²) in [5, 5.41) is 3.10. The first kappa shape index (κ1) is 18.4. The molecule has 0 aromatic heterocycles. The number of amides is 1.